The van der Waals surface area contributed by atoms with E-state index in [0.29, 0.717) is 13.0 Å². The van der Waals surface area contributed by atoms with Gasteiger partial charge in [-0.1, -0.05) is 12.1 Å². The number of carbonyl (C=O) groups is 2. The summed E-state index contributed by atoms with van der Waals surface area (Å²) in [5, 5.41) is 9.36. The molecule has 1 N–H and O–H groups in total. The highest BCUT2D eigenvalue weighted by molar-refractivity contribution is 5.82. The van der Waals surface area contributed by atoms with E-state index in [-0.39, 0.29) is 24.0 Å². The van der Waals surface area contributed by atoms with Gasteiger partial charge in [-0.25, -0.2) is 4.79 Å². The van der Waals surface area contributed by atoms with Crippen molar-refractivity contribution >= 4 is 11.9 Å². The minimum atomic E-state index is -0.571. The molecule has 21 heavy (non-hydrogen) atoms. The Morgan fingerprint density at radius 2 is 1.90 bits per heavy atom. The smallest absolute Gasteiger partial charge is 0.410 e. The maximum absolute atomic E-state index is 12.3. The van der Waals surface area contributed by atoms with Crippen molar-refractivity contribution in [2.24, 2.45) is 0 Å². The second kappa shape index (κ2) is 5.76. The largest absolute Gasteiger partial charge is 0.508 e. The van der Waals surface area contributed by atoms with E-state index in [1.807, 2.05) is 20.8 Å². The molecular weight excluding hydrogens is 270 g/mol. The number of aromatic hydroxyl groups is 1. The van der Waals surface area contributed by atoms with Crippen LogP contribution in [0, 0.1) is 0 Å². The molecule has 1 saturated heterocycles. The van der Waals surface area contributed by atoms with Crippen molar-refractivity contribution in [1.29, 1.82) is 0 Å². The van der Waals surface area contributed by atoms with Crippen LogP contribution in [0.1, 0.15) is 45.2 Å². The van der Waals surface area contributed by atoms with Gasteiger partial charge in [-0.3, -0.25) is 4.79 Å². The Bertz CT molecular complexity index is 530. The van der Waals surface area contributed by atoms with Gasteiger partial charge in [-0.05, 0) is 38.5 Å². The van der Waals surface area contributed by atoms with Gasteiger partial charge in [0.1, 0.15) is 17.1 Å². The molecule has 0 bridgehead atoms. The predicted octanol–water partition coefficient (Wildman–Crippen LogP) is 3.03. The summed E-state index contributed by atoms with van der Waals surface area (Å²) in [5.74, 6) is 0.289. The predicted molar refractivity (Wildman–Crippen MR) is 78.0 cm³/mol. The lowest BCUT2D eigenvalue weighted by atomic mass is 9.95. The maximum Gasteiger partial charge on any atom is 0.410 e. The Kier molecular flexibility index (Phi) is 4.21. The standard InChI is InChI=1S/C16H21NO4/c1-16(2,3)21-15(20)17-9-8-13(19)10-14(17)11-4-6-12(18)7-5-11/h4-7,14,18H,8-10H2,1-3H3. The summed E-state index contributed by atoms with van der Waals surface area (Å²) in [5.41, 5.74) is 0.254. The van der Waals surface area contributed by atoms with Crippen molar-refractivity contribution in [3.05, 3.63) is 29.8 Å². The van der Waals surface area contributed by atoms with Gasteiger partial charge in [0, 0.05) is 19.4 Å². The molecule has 0 saturated carbocycles. The fourth-order valence-electron chi connectivity index (χ4n) is 2.36. The number of likely N-dealkylation sites (tertiary alicyclic amines) is 1. The Morgan fingerprint density at radius 1 is 1.29 bits per heavy atom. The summed E-state index contributed by atoms with van der Waals surface area (Å²) >= 11 is 0. The number of Topliss-reactive ketones (excluding diaryl/α,β-unsaturated/α-hetero) is 1. The molecular formula is C16H21NO4. The molecule has 2 rings (SSSR count). The second-order valence-corrected chi connectivity index (χ2v) is 6.27. The topological polar surface area (TPSA) is 66.8 Å². The molecule has 1 aromatic rings. The maximum atomic E-state index is 12.3. The number of hydrogen-bond acceptors (Lipinski definition) is 4. The average Bonchev–Trinajstić information content (AvgIpc) is 2.37. The molecule has 1 atom stereocenters. The number of phenols is 1. The fraction of sp³-hybridized carbons (Fsp3) is 0.500. The van der Waals surface area contributed by atoms with E-state index in [0.717, 1.165) is 5.56 Å². The summed E-state index contributed by atoms with van der Waals surface area (Å²) in [7, 11) is 0. The number of carbonyl (C=O) groups excluding carboxylic acids is 2. The molecule has 0 spiro atoms. The first-order chi connectivity index (χ1) is 9.76. The zero-order valence-electron chi connectivity index (χ0n) is 12.6. The molecule has 1 unspecified atom stereocenters. The zero-order valence-corrected chi connectivity index (χ0v) is 12.6. The third kappa shape index (κ3) is 3.97. The van der Waals surface area contributed by atoms with E-state index in [1.54, 1.807) is 29.2 Å². The average molecular weight is 291 g/mol. The van der Waals surface area contributed by atoms with Gasteiger partial charge in [0.2, 0.25) is 0 Å². The van der Waals surface area contributed by atoms with Crippen LogP contribution in [0.5, 0.6) is 5.75 Å². The number of phenolic OH excluding ortho intramolecular Hbond substituents is 1. The number of hydrogen-bond donors (Lipinski definition) is 1. The quantitative estimate of drug-likeness (QED) is 0.863. The summed E-state index contributed by atoms with van der Waals surface area (Å²) in [6.45, 7) is 5.81. The Balaban J connectivity index is 2.23. The van der Waals surface area contributed by atoms with Crippen LogP contribution < -0.4 is 0 Å². The van der Waals surface area contributed by atoms with E-state index in [9.17, 15) is 14.7 Å². The van der Waals surface area contributed by atoms with Crippen LogP contribution in [0.15, 0.2) is 24.3 Å². The molecule has 0 aliphatic carbocycles. The molecule has 114 valence electrons. The third-order valence-corrected chi connectivity index (χ3v) is 3.33. The van der Waals surface area contributed by atoms with Crippen LogP contribution in [0.25, 0.3) is 0 Å². The number of piperidine rings is 1. The van der Waals surface area contributed by atoms with E-state index in [2.05, 4.69) is 0 Å². The van der Waals surface area contributed by atoms with Crippen LogP contribution >= 0.6 is 0 Å². The molecule has 1 amide bonds. The third-order valence-electron chi connectivity index (χ3n) is 3.33. The van der Waals surface area contributed by atoms with Gasteiger partial charge >= 0.3 is 6.09 Å². The van der Waals surface area contributed by atoms with Crippen LogP contribution in [-0.4, -0.2) is 34.0 Å². The molecule has 1 aliphatic rings. The van der Waals surface area contributed by atoms with Gasteiger partial charge in [0.05, 0.1) is 6.04 Å². The molecule has 5 heteroatoms. The SMILES string of the molecule is CC(C)(C)OC(=O)N1CCC(=O)CC1c1ccc(O)cc1. The number of ether oxygens (including phenoxy) is 1. The minimum Gasteiger partial charge on any atom is -0.508 e. The lowest BCUT2D eigenvalue weighted by molar-refractivity contribution is -0.123. The minimum absolute atomic E-state index is 0.132. The number of rotatable bonds is 1. The number of benzene rings is 1. The highest BCUT2D eigenvalue weighted by Gasteiger charge is 2.34. The van der Waals surface area contributed by atoms with Crippen molar-refractivity contribution in [2.45, 2.75) is 45.3 Å². The lowest BCUT2D eigenvalue weighted by Gasteiger charge is -2.36. The Hall–Kier alpha value is -2.04. The number of amides is 1. The van der Waals surface area contributed by atoms with Crippen molar-refractivity contribution in [3.63, 3.8) is 0 Å². The van der Waals surface area contributed by atoms with Crippen molar-refractivity contribution in [1.82, 2.24) is 4.90 Å². The molecule has 0 radical (unpaired) electrons. The number of ketones is 1. The van der Waals surface area contributed by atoms with Crippen LogP contribution in [0.3, 0.4) is 0 Å². The normalized spacial score (nSPS) is 19.5. The first-order valence-corrected chi connectivity index (χ1v) is 7.06. The van der Waals surface area contributed by atoms with E-state index in [1.165, 1.54) is 0 Å². The van der Waals surface area contributed by atoms with Crippen LogP contribution in [0.2, 0.25) is 0 Å². The highest BCUT2D eigenvalue weighted by Crippen LogP contribution is 2.31. The van der Waals surface area contributed by atoms with Crippen molar-refractivity contribution < 1.29 is 19.4 Å². The molecule has 1 aromatic carbocycles. The molecule has 5 nitrogen and oxygen atoms in total. The van der Waals surface area contributed by atoms with Crippen molar-refractivity contribution in [2.75, 3.05) is 6.54 Å². The van der Waals surface area contributed by atoms with Gasteiger partial charge in [0.15, 0.2) is 0 Å². The second-order valence-electron chi connectivity index (χ2n) is 6.27. The molecule has 1 fully saturated rings. The van der Waals surface area contributed by atoms with E-state index >= 15 is 0 Å². The lowest BCUT2D eigenvalue weighted by Crippen LogP contribution is -2.43. The highest BCUT2D eigenvalue weighted by atomic mass is 16.6. The molecule has 1 aliphatic heterocycles. The Morgan fingerprint density at radius 3 is 2.48 bits per heavy atom. The first kappa shape index (κ1) is 15.4. The van der Waals surface area contributed by atoms with E-state index < -0.39 is 11.7 Å². The summed E-state index contributed by atoms with van der Waals surface area (Å²) < 4.78 is 5.41. The summed E-state index contributed by atoms with van der Waals surface area (Å²) in [6, 6.07) is 6.25. The monoisotopic (exact) mass is 291 g/mol. The number of nitrogens with zero attached hydrogens (tertiary/aromatic N) is 1. The summed E-state index contributed by atoms with van der Waals surface area (Å²) in [6.07, 6.45) is 0.228. The fourth-order valence-corrected chi connectivity index (χ4v) is 2.36. The van der Waals surface area contributed by atoms with Gasteiger partial charge in [-0.2, -0.15) is 0 Å². The molecule has 0 aromatic heterocycles. The summed E-state index contributed by atoms with van der Waals surface area (Å²) in [4.78, 5) is 25.6. The van der Waals surface area contributed by atoms with Gasteiger partial charge in [-0.15, -0.1) is 0 Å². The molecule has 1 heterocycles. The van der Waals surface area contributed by atoms with Crippen LogP contribution in [-0.2, 0) is 9.53 Å². The Labute approximate surface area is 124 Å². The van der Waals surface area contributed by atoms with Crippen LogP contribution in [0.4, 0.5) is 4.79 Å². The zero-order chi connectivity index (χ0) is 15.6. The van der Waals surface area contributed by atoms with Gasteiger partial charge in [0.25, 0.3) is 0 Å². The van der Waals surface area contributed by atoms with Crippen molar-refractivity contribution in [3.8, 4) is 5.75 Å². The van der Waals surface area contributed by atoms with Gasteiger partial charge < -0.3 is 14.7 Å². The van der Waals surface area contributed by atoms with E-state index in [4.69, 9.17) is 4.74 Å². The first-order valence-electron chi connectivity index (χ1n) is 7.06.